The molecule has 2 heterocycles. The second kappa shape index (κ2) is 6.51. The molecule has 1 saturated heterocycles. The lowest BCUT2D eigenvalue weighted by atomic mass is 9.92. The Kier molecular flexibility index (Phi) is 5.03. The van der Waals surface area contributed by atoms with Gasteiger partial charge in [0, 0.05) is 9.75 Å². The van der Waals surface area contributed by atoms with Crippen LogP contribution in [0.3, 0.4) is 0 Å². The van der Waals surface area contributed by atoms with Gasteiger partial charge < -0.3 is 10.6 Å². The van der Waals surface area contributed by atoms with E-state index in [-0.39, 0.29) is 18.9 Å². The van der Waals surface area contributed by atoms with Crippen molar-refractivity contribution in [3.05, 3.63) is 21.4 Å². The van der Waals surface area contributed by atoms with Gasteiger partial charge in [-0.3, -0.25) is 9.59 Å². The van der Waals surface area contributed by atoms with Gasteiger partial charge in [0.2, 0.25) is 11.8 Å². The lowest BCUT2D eigenvalue weighted by Gasteiger charge is -2.30. The number of nitrogens with one attached hydrogen (secondary N) is 2. The first-order chi connectivity index (χ1) is 10.6. The molecule has 0 aromatic carbocycles. The van der Waals surface area contributed by atoms with E-state index in [4.69, 9.17) is 0 Å². The van der Waals surface area contributed by atoms with E-state index < -0.39 is 30.0 Å². The molecule has 1 aromatic heterocycles. The van der Waals surface area contributed by atoms with E-state index in [0.29, 0.717) is 0 Å². The molecule has 2 amide bonds. The summed E-state index contributed by atoms with van der Waals surface area (Å²) in [5.74, 6) is -2.46. The van der Waals surface area contributed by atoms with Crippen LogP contribution in [0.15, 0.2) is 6.07 Å². The third kappa shape index (κ3) is 4.04. The number of hydrogen-bond acceptors (Lipinski definition) is 3. The summed E-state index contributed by atoms with van der Waals surface area (Å²) in [5, 5.41) is 4.62. The molecule has 8 heteroatoms. The number of thiophene rings is 1. The molecule has 23 heavy (non-hydrogen) atoms. The van der Waals surface area contributed by atoms with Gasteiger partial charge in [0.05, 0.1) is 6.04 Å². The first-order valence-electron chi connectivity index (χ1n) is 7.34. The van der Waals surface area contributed by atoms with Crippen LogP contribution < -0.4 is 10.6 Å². The van der Waals surface area contributed by atoms with Crippen molar-refractivity contribution < 1.29 is 22.8 Å². The van der Waals surface area contributed by atoms with Crippen molar-refractivity contribution in [2.24, 2.45) is 5.92 Å². The number of carbonyl (C=O) groups excluding carboxylic acids is 2. The summed E-state index contributed by atoms with van der Waals surface area (Å²) in [6.07, 6.45) is -4.86. The Bertz CT molecular complexity index is 612. The van der Waals surface area contributed by atoms with E-state index in [2.05, 4.69) is 5.32 Å². The third-order valence-corrected chi connectivity index (χ3v) is 4.97. The molecule has 1 aliphatic heterocycles. The average Bonchev–Trinajstić information content (AvgIpc) is 2.76. The van der Waals surface area contributed by atoms with E-state index in [1.54, 1.807) is 18.3 Å². The maximum Gasteiger partial charge on any atom is 0.408 e. The first-order valence-corrected chi connectivity index (χ1v) is 8.15. The molecule has 128 valence electrons. The Morgan fingerprint density at radius 1 is 1.39 bits per heavy atom. The molecule has 0 saturated carbocycles. The minimum absolute atomic E-state index is 0.101. The van der Waals surface area contributed by atoms with Gasteiger partial charge in [-0.05, 0) is 45.2 Å². The molecule has 0 bridgehead atoms. The van der Waals surface area contributed by atoms with Crippen LogP contribution >= 0.6 is 11.3 Å². The van der Waals surface area contributed by atoms with Crippen LogP contribution in [0, 0.1) is 19.8 Å². The van der Waals surface area contributed by atoms with Crippen molar-refractivity contribution in [2.75, 3.05) is 0 Å². The van der Waals surface area contributed by atoms with Crippen LogP contribution in [0.5, 0.6) is 0 Å². The van der Waals surface area contributed by atoms with E-state index in [0.717, 1.165) is 15.3 Å². The first kappa shape index (κ1) is 17.8. The lowest BCUT2D eigenvalue weighted by Crippen LogP contribution is -2.54. The smallest absolute Gasteiger partial charge is 0.349 e. The molecule has 4 nitrogen and oxygen atoms in total. The Morgan fingerprint density at radius 2 is 2.04 bits per heavy atom. The van der Waals surface area contributed by atoms with Gasteiger partial charge in [-0.2, -0.15) is 13.2 Å². The Morgan fingerprint density at radius 3 is 2.52 bits per heavy atom. The highest BCUT2D eigenvalue weighted by atomic mass is 32.1. The molecule has 0 spiro atoms. The Hall–Kier alpha value is -1.57. The molecule has 0 unspecified atom stereocenters. The molecule has 1 aromatic rings. The zero-order chi connectivity index (χ0) is 17.4. The zero-order valence-corrected chi connectivity index (χ0v) is 13.9. The molecule has 0 aliphatic carbocycles. The van der Waals surface area contributed by atoms with Crippen molar-refractivity contribution in [3.8, 4) is 0 Å². The summed E-state index contributed by atoms with van der Waals surface area (Å²) < 4.78 is 37.8. The van der Waals surface area contributed by atoms with Crippen LogP contribution in [-0.2, 0) is 9.59 Å². The summed E-state index contributed by atoms with van der Waals surface area (Å²) in [6, 6.07) is -0.190. The highest BCUT2D eigenvalue weighted by Gasteiger charge is 2.46. The standard InChI is InChI=1S/C15H19F3N2O2S/c1-7-6-11(9(3)23-7)8(2)19-13(21)10-4-5-12(15(16,17)18)20-14(10)22/h6,8,10,12H,4-5H2,1-3H3,(H,19,21)(H,20,22)/t8-,10-,12-/m0/s1. The number of halogens is 3. The average molecular weight is 348 g/mol. The molecule has 1 aliphatic rings. The summed E-state index contributed by atoms with van der Waals surface area (Å²) in [4.78, 5) is 26.2. The largest absolute Gasteiger partial charge is 0.408 e. The van der Waals surface area contributed by atoms with Crippen molar-refractivity contribution in [1.29, 1.82) is 0 Å². The number of carbonyl (C=O) groups is 2. The predicted molar refractivity (Wildman–Crippen MR) is 81.1 cm³/mol. The summed E-state index contributed by atoms with van der Waals surface area (Å²) in [5.41, 5.74) is 0.963. The van der Waals surface area contributed by atoms with Crippen LogP contribution in [0.4, 0.5) is 13.2 Å². The van der Waals surface area contributed by atoms with Gasteiger partial charge in [0.25, 0.3) is 0 Å². The SMILES string of the molecule is Cc1cc([C@H](C)NC(=O)[C@@H]2CC[C@@H](C(F)(F)F)NC2=O)c(C)s1. The molecule has 3 atom stereocenters. The van der Waals surface area contributed by atoms with E-state index >= 15 is 0 Å². The van der Waals surface area contributed by atoms with Gasteiger partial charge >= 0.3 is 6.18 Å². The molecule has 1 fully saturated rings. The van der Waals surface area contributed by atoms with E-state index in [9.17, 15) is 22.8 Å². The Labute approximate surface area is 136 Å². The molecule has 0 radical (unpaired) electrons. The lowest BCUT2D eigenvalue weighted by molar-refractivity contribution is -0.171. The Balaban J connectivity index is 1.99. The molecular weight excluding hydrogens is 329 g/mol. The van der Waals surface area contributed by atoms with Crippen molar-refractivity contribution in [3.63, 3.8) is 0 Å². The fraction of sp³-hybridized carbons (Fsp3) is 0.600. The predicted octanol–water partition coefficient (Wildman–Crippen LogP) is 3.00. The zero-order valence-electron chi connectivity index (χ0n) is 13.1. The third-order valence-electron chi connectivity index (χ3n) is 3.99. The van der Waals surface area contributed by atoms with Crippen molar-refractivity contribution in [2.45, 2.75) is 51.9 Å². The fourth-order valence-electron chi connectivity index (χ4n) is 2.78. The maximum atomic E-state index is 12.6. The van der Waals surface area contributed by atoms with Crippen LogP contribution in [0.25, 0.3) is 0 Å². The summed E-state index contributed by atoms with van der Waals surface area (Å²) in [7, 11) is 0. The molecule has 2 rings (SSSR count). The summed E-state index contributed by atoms with van der Waals surface area (Å²) >= 11 is 1.61. The van der Waals surface area contributed by atoms with Crippen molar-refractivity contribution in [1.82, 2.24) is 10.6 Å². The molecule has 2 N–H and O–H groups in total. The second-order valence-electron chi connectivity index (χ2n) is 5.83. The highest BCUT2D eigenvalue weighted by Crippen LogP contribution is 2.30. The molecular formula is C15H19F3N2O2S. The van der Waals surface area contributed by atoms with Gasteiger partial charge in [-0.1, -0.05) is 0 Å². The van der Waals surface area contributed by atoms with Crippen molar-refractivity contribution >= 4 is 23.2 Å². The number of rotatable bonds is 3. The normalized spacial score (nSPS) is 23.3. The quantitative estimate of drug-likeness (QED) is 0.825. The van der Waals surface area contributed by atoms with Gasteiger partial charge in [0.1, 0.15) is 12.0 Å². The highest BCUT2D eigenvalue weighted by molar-refractivity contribution is 7.12. The van der Waals surface area contributed by atoms with Gasteiger partial charge in [0.15, 0.2) is 0 Å². The van der Waals surface area contributed by atoms with Gasteiger partial charge in [-0.25, -0.2) is 0 Å². The second-order valence-corrected chi connectivity index (χ2v) is 7.29. The number of amides is 2. The monoisotopic (exact) mass is 348 g/mol. The minimum Gasteiger partial charge on any atom is -0.349 e. The van der Waals surface area contributed by atoms with Crippen LogP contribution in [-0.4, -0.2) is 24.0 Å². The summed E-state index contributed by atoms with van der Waals surface area (Å²) in [6.45, 7) is 5.70. The van der Waals surface area contributed by atoms with E-state index in [1.807, 2.05) is 25.2 Å². The van der Waals surface area contributed by atoms with Gasteiger partial charge in [-0.15, -0.1) is 11.3 Å². The van der Waals surface area contributed by atoms with Crippen LogP contribution in [0.2, 0.25) is 0 Å². The van der Waals surface area contributed by atoms with E-state index in [1.165, 1.54) is 0 Å². The number of alkyl halides is 3. The topological polar surface area (TPSA) is 58.2 Å². The fourth-order valence-corrected chi connectivity index (χ4v) is 3.80. The minimum atomic E-state index is -4.48. The number of aryl methyl sites for hydroxylation is 2. The number of hydrogen-bond donors (Lipinski definition) is 2. The van der Waals surface area contributed by atoms with Crippen LogP contribution in [0.1, 0.15) is 41.1 Å². The maximum absolute atomic E-state index is 12.6. The number of piperidine rings is 1.